The van der Waals surface area contributed by atoms with E-state index in [-0.39, 0.29) is 11.2 Å². The Morgan fingerprint density at radius 2 is 2.11 bits per heavy atom. The molecule has 0 saturated carbocycles. The van der Waals surface area contributed by atoms with Crippen molar-refractivity contribution < 1.29 is 4.39 Å². The summed E-state index contributed by atoms with van der Waals surface area (Å²) in [4.78, 5) is 4.63. The first-order chi connectivity index (χ1) is 8.49. The molecular weight excluding hydrogens is 229 g/mol. The Morgan fingerprint density at radius 3 is 2.72 bits per heavy atom. The molecule has 2 rings (SSSR count). The summed E-state index contributed by atoms with van der Waals surface area (Å²) < 4.78 is 15.5. The van der Waals surface area contributed by atoms with E-state index < -0.39 is 0 Å². The van der Waals surface area contributed by atoms with Crippen molar-refractivity contribution in [1.82, 2.24) is 9.55 Å². The van der Waals surface area contributed by atoms with Gasteiger partial charge in [-0.05, 0) is 24.6 Å². The Balaban J connectivity index is 2.69. The Hall–Kier alpha value is -1.42. The summed E-state index contributed by atoms with van der Waals surface area (Å²) in [5.41, 5.74) is 7.31. The zero-order valence-corrected chi connectivity index (χ0v) is 11.2. The van der Waals surface area contributed by atoms with Gasteiger partial charge in [-0.25, -0.2) is 9.37 Å². The molecule has 0 amide bonds. The summed E-state index contributed by atoms with van der Waals surface area (Å²) in [7, 11) is 0. The van der Waals surface area contributed by atoms with Crippen LogP contribution in [0.25, 0.3) is 11.0 Å². The van der Waals surface area contributed by atoms with Crippen molar-refractivity contribution in [2.75, 3.05) is 6.54 Å². The average Bonchev–Trinajstić information content (AvgIpc) is 2.69. The van der Waals surface area contributed by atoms with E-state index in [1.807, 2.05) is 0 Å². The van der Waals surface area contributed by atoms with Crippen LogP contribution in [0.4, 0.5) is 4.39 Å². The third-order valence-electron chi connectivity index (χ3n) is 3.27. The fourth-order valence-corrected chi connectivity index (χ4v) is 2.15. The number of aromatic nitrogens is 2. The molecule has 3 nitrogen and oxygen atoms in total. The predicted octanol–water partition coefficient (Wildman–Crippen LogP) is 2.82. The fourth-order valence-electron chi connectivity index (χ4n) is 2.15. The monoisotopic (exact) mass is 249 g/mol. The van der Waals surface area contributed by atoms with Gasteiger partial charge in [0.05, 0.1) is 11.0 Å². The van der Waals surface area contributed by atoms with Crippen molar-refractivity contribution in [3.8, 4) is 0 Å². The topological polar surface area (TPSA) is 43.8 Å². The third-order valence-corrected chi connectivity index (χ3v) is 3.27. The van der Waals surface area contributed by atoms with Gasteiger partial charge in [0, 0.05) is 18.5 Å². The maximum Gasteiger partial charge on any atom is 0.125 e. The molecule has 0 saturated heterocycles. The number of nitrogens with two attached hydrogens (primary N) is 1. The number of aryl methyl sites for hydroxylation is 1. The van der Waals surface area contributed by atoms with Crippen LogP contribution >= 0.6 is 0 Å². The predicted molar refractivity (Wildman–Crippen MR) is 72.1 cm³/mol. The highest BCUT2D eigenvalue weighted by Gasteiger charge is 2.26. The number of fused-ring (bicyclic) bond motifs is 1. The summed E-state index contributed by atoms with van der Waals surface area (Å²) in [6.07, 6.45) is 0.982. The first-order valence-corrected chi connectivity index (χ1v) is 6.36. The molecule has 2 aromatic rings. The van der Waals surface area contributed by atoms with E-state index in [2.05, 4.69) is 30.3 Å². The van der Waals surface area contributed by atoms with Crippen molar-refractivity contribution in [1.29, 1.82) is 0 Å². The SMILES string of the molecule is CCCn1c(C(C)(C)CN)nc2ccc(F)cc21. The summed E-state index contributed by atoms with van der Waals surface area (Å²) in [6, 6.07) is 4.73. The lowest BCUT2D eigenvalue weighted by Crippen LogP contribution is -2.31. The van der Waals surface area contributed by atoms with Crippen molar-refractivity contribution in [2.24, 2.45) is 5.73 Å². The number of benzene rings is 1. The molecule has 0 spiro atoms. The number of hydrogen-bond acceptors (Lipinski definition) is 2. The molecular formula is C14H20FN3. The number of rotatable bonds is 4. The Kier molecular flexibility index (Phi) is 3.39. The second-order valence-electron chi connectivity index (χ2n) is 5.31. The molecule has 2 N–H and O–H groups in total. The van der Waals surface area contributed by atoms with E-state index in [0.29, 0.717) is 6.54 Å². The summed E-state index contributed by atoms with van der Waals surface area (Å²) in [6.45, 7) is 7.58. The number of halogens is 1. The molecule has 0 fully saturated rings. The Bertz CT molecular complexity index is 557. The highest BCUT2D eigenvalue weighted by molar-refractivity contribution is 5.76. The first kappa shape index (κ1) is 13.0. The molecule has 0 aliphatic rings. The molecule has 0 aliphatic heterocycles. The van der Waals surface area contributed by atoms with Crippen molar-refractivity contribution >= 4 is 11.0 Å². The maximum absolute atomic E-state index is 13.4. The molecule has 0 bridgehead atoms. The minimum absolute atomic E-state index is 0.204. The van der Waals surface area contributed by atoms with E-state index in [9.17, 15) is 4.39 Å². The molecule has 0 aliphatic carbocycles. The van der Waals surface area contributed by atoms with Gasteiger partial charge in [0.25, 0.3) is 0 Å². The maximum atomic E-state index is 13.4. The summed E-state index contributed by atoms with van der Waals surface area (Å²) in [5.74, 6) is 0.712. The average molecular weight is 249 g/mol. The number of nitrogens with zero attached hydrogens (tertiary/aromatic N) is 2. The highest BCUT2D eigenvalue weighted by atomic mass is 19.1. The van der Waals surface area contributed by atoms with E-state index >= 15 is 0 Å². The van der Waals surface area contributed by atoms with Gasteiger partial charge in [-0.3, -0.25) is 0 Å². The molecule has 0 unspecified atom stereocenters. The van der Waals surface area contributed by atoms with E-state index in [1.165, 1.54) is 6.07 Å². The van der Waals surface area contributed by atoms with Crippen LogP contribution in [-0.2, 0) is 12.0 Å². The lowest BCUT2D eigenvalue weighted by atomic mass is 9.92. The third kappa shape index (κ3) is 2.12. The van der Waals surface area contributed by atoms with Gasteiger partial charge < -0.3 is 10.3 Å². The molecule has 1 aromatic heterocycles. The lowest BCUT2D eigenvalue weighted by molar-refractivity contribution is 0.469. The zero-order chi connectivity index (χ0) is 13.3. The first-order valence-electron chi connectivity index (χ1n) is 6.36. The van der Waals surface area contributed by atoms with Crippen LogP contribution in [0.2, 0.25) is 0 Å². The normalized spacial score (nSPS) is 12.3. The van der Waals surface area contributed by atoms with Crippen molar-refractivity contribution in [3.05, 3.63) is 29.8 Å². The zero-order valence-electron chi connectivity index (χ0n) is 11.2. The van der Waals surface area contributed by atoms with Crippen LogP contribution in [0.1, 0.15) is 33.0 Å². The molecule has 1 aromatic carbocycles. The number of hydrogen-bond donors (Lipinski definition) is 1. The smallest absolute Gasteiger partial charge is 0.125 e. The lowest BCUT2D eigenvalue weighted by Gasteiger charge is -2.23. The fraction of sp³-hybridized carbons (Fsp3) is 0.500. The van der Waals surface area contributed by atoms with Crippen LogP contribution in [0, 0.1) is 5.82 Å². The molecule has 98 valence electrons. The van der Waals surface area contributed by atoms with Gasteiger partial charge in [0.2, 0.25) is 0 Å². The second kappa shape index (κ2) is 4.69. The standard InChI is InChI=1S/C14H20FN3/c1-4-7-18-12-8-10(15)5-6-11(12)17-13(18)14(2,3)9-16/h5-6,8H,4,7,9,16H2,1-3H3. The quantitative estimate of drug-likeness (QED) is 0.905. The van der Waals surface area contributed by atoms with Gasteiger partial charge >= 0.3 is 0 Å². The van der Waals surface area contributed by atoms with Crippen LogP contribution < -0.4 is 5.73 Å². The van der Waals surface area contributed by atoms with Gasteiger partial charge in [0.15, 0.2) is 0 Å². The summed E-state index contributed by atoms with van der Waals surface area (Å²) in [5, 5.41) is 0. The van der Waals surface area contributed by atoms with Crippen LogP contribution in [0.5, 0.6) is 0 Å². The van der Waals surface area contributed by atoms with Gasteiger partial charge in [-0.1, -0.05) is 20.8 Å². The minimum atomic E-state index is -0.225. The largest absolute Gasteiger partial charge is 0.329 e. The van der Waals surface area contributed by atoms with Crippen molar-refractivity contribution in [3.63, 3.8) is 0 Å². The van der Waals surface area contributed by atoms with Crippen molar-refractivity contribution in [2.45, 2.75) is 39.2 Å². The highest BCUT2D eigenvalue weighted by Crippen LogP contribution is 2.26. The van der Waals surface area contributed by atoms with Crippen LogP contribution in [-0.4, -0.2) is 16.1 Å². The van der Waals surface area contributed by atoms with Gasteiger partial charge in [0.1, 0.15) is 11.6 Å². The van der Waals surface area contributed by atoms with Gasteiger partial charge in [-0.2, -0.15) is 0 Å². The van der Waals surface area contributed by atoms with Gasteiger partial charge in [-0.15, -0.1) is 0 Å². The molecule has 0 atom stereocenters. The van der Waals surface area contributed by atoms with Crippen LogP contribution in [0.3, 0.4) is 0 Å². The van der Waals surface area contributed by atoms with E-state index in [1.54, 1.807) is 12.1 Å². The van der Waals surface area contributed by atoms with E-state index in [0.717, 1.165) is 29.8 Å². The number of imidazole rings is 1. The Labute approximate surface area is 107 Å². The molecule has 1 heterocycles. The molecule has 0 radical (unpaired) electrons. The second-order valence-corrected chi connectivity index (χ2v) is 5.31. The summed E-state index contributed by atoms with van der Waals surface area (Å²) >= 11 is 0. The Morgan fingerprint density at radius 1 is 1.39 bits per heavy atom. The van der Waals surface area contributed by atoms with E-state index in [4.69, 9.17) is 5.73 Å². The van der Waals surface area contributed by atoms with Crippen LogP contribution in [0.15, 0.2) is 18.2 Å². The molecule has 18 heavy (non-hydrogen) atoms. The minimum Gasteiger partial charge on any atom is -0.329 e. The molecule has 4 heteroatoms.